The van der Waals surface area contributed by atoms with Crippen molar-refractivity contribution >= 4 is 11.8 Å². The van der Waals surface area contributed by atoms with Crippen molar-refractivity contribution in [3.63, 3.8) is 0 Å². The lowest BCUT2D eigenvalue weighted by Gasteiger charge is -2.27. The first-order valence-corrected chi connectivity index (χ1v) is 10.6. The van der Waals surface area contributed by atoms with Crippen LogP contribution in [0.3, 0.4) is 0 Å². The third-order valence-corrected chi connectivity index (χ3v) is 5.47. The molecular formula is C23H34N2O5. The first-order chi connectivity index (χ1) is 14.5. The van der Waals surface area contributed by atoms with E-state index in [0.29, 0.717) is 19.4 Å². The van der Waals surface area contributed by atoms with Crippen LogP contribution in [0.1, 0.15) is 44.6 Å². The van der Waals surface area contributed by atoms with Crippen molar-refractivity contribution in [2.75, 3.05) is 20.0 Å². The third-order valence-electron chi connectivity index (χ3n) is 5.47. The van der Waals surface area contributed by atoms with Gasteiger partial charge in [0.25, 0.3) is 0 Å². The molecule has 1 aromatic rings. The van der Waals surface area contributed by atoms with Crippen LogP contribution >= 0.6 is 0 Å². The van der Waals surface area contributed by atoms with Gasteiger partial charge < -0.3 is 14.8 Å². The van der Waals surface area contributed by atoms with Gasteiger partial charge in [0.05, 0.1) is 12.6 Å². The summed E-state index contributed by atoms with van der Waals surface area (Å²) < 4.78 is 10.8. The van der Waals surface area contributed by atoms with E-state index in [-0.39, 0.29) is 31.3 Å². The standard InChI is InChI=1S/C23H34N2O5/c1-3-29-16-30-15-21(24-22(26)19-11-9-17(2)10-12-19)14-20(23(27)25-28)13-18-7-5-4-6-8-18/h4-8,19-21,28H,2-3,9-16H2,1H3,(H,24,26)(H,25,27)/t20-,21-/m0/s1. The van der Waals surface area contributed by atoms with E-state index in [1.807, 2.05) is 37.3 Å². The van der Waals surface area contributed by atoms with Crippen molar-refractivity contribution in [3.05, 3.63) is 48.0 Å². The van der Waals surface area contributed by atoms with Crippen LogP contribution < -0.4 is 10.8 Å². The lowest BCUT2D eigenvalue weighted by Crippen LogP contribution is -2.45. The number of hydrogen-bond acceptors (Lipinski definition) is 5. The smallest absolute Gasteiger partial charge is 0.246 e. The van der Waals surface area contributed by atoms with Gasteiger partial charge in [0.1, 0.15) is 6.79 Å². The highest BCUT2D eigenvalue weighted by Crippen LogP contribution is 2.27. The summed E-state index contributed by atoms with van der Waals surface area (Å²) in [5.41, 5.74) is 3.94. The van der Waals surface area contributed by atoms with E-state index in [1.165, 1.54) is 5.57 Å². The number of hydrogen-bond donors (Lipinski definition) is 3. The number of ether oxygens (including phenoxy) is 2. The zero-order valence-corrected chi connectivity index (χ0v) is 17.8. The van der Waals surface area contributed by atoms with Crippen molar-refractivity contribution in [2.24, 2.45) is 11.8 Å². The van der Waals surface area contributed by atoms with Gasteiger partial charge in [0.2, 0.25) is 11.8 Å². The summed E-state index contributed by atoms with van der Waals surface area (Å²) in [4.78, 5) is 25.1. The summed E-state index contributed by atoms with van der Waals surface area (Å²) >= 11 is 0. The molecule has 0 radical (unpaired) electrons. The van der Waals surface area contributed by atoms with E-state index >= 15 is 0 Å². The molecule has 1 aliphatic rings. The normalized spacial score (nSPS) is 16.7. The van der Waals surface area contributed by atoms with Crippen molar-refractivity contribution in [3.8, 4) is 0 Å². The fourth-order valence-electron chi connectivity index (χ4n) is 3.72. The van der Waals surface area contributed by atoms with Crippen LogP contribution in [0.4, 0.5) is 0 Å². The number of nitrogens with one attached hydrogen (secondary N) is 2. The van der Waals surface area contributed by atoms with Crippen molar-refractivity contribution in [1.29, 1.82) is 0 Å². The highest BCUT2D eigenvalue weighted by Gasteiger charge is 2.28. The summed E-state index contributed by atoms with van der Waals surface area (Å²) in [6, 6.07) is 9.23. The Labute approximate surface area is 178 Å². The lowest BCUT2D eigenvalue weighted by atomic mass is 9.85. The van der Waals surface area contributed by atoms with Gasteiger partial charge in [0.15, 0.2) is 0 Å². The first-order valence-electron chi connectivity index (χ1n) is 10.6. The summed E-state index contributed by atoms with van der Waals surface area (Å²) in [7, 11) is 0. The highest BCUT2D eigenvalue weighted by atomic mass is 16.7. The van der Waals surface area contributed by atoms with E-state index in [1.54, 1.807) is 5.48 Å². The van der Waals surface area contributed by atoms with Crippen molar-refractivity contribution < 1.29 is 24.3 Å². The molecule has 2 amide bonds. The number of carbonyl (C=O) groups excluding carboxylic acids is 2. The second-order valence-electron chi connectivity index (χ2n) is 7.81. The predicted octanol–water partition coefficient (Wildman–Crippen LogP) is 2.98. The molecule has 0 spiro atoms. The second-order valence-corrected chi connectivity index (χ2v) is 7.81. The molecule has 3 N–H and O–H groups in total. The van der Waals surface area contributed by atoms with Crippen LogP contribution in [0.5, 0.6) is 0 Å². The Hall–Kier alpha value is -2.22. The molecule has 1 aliphatic carbocycles. The van der Waals surface area contributed by atoms with Gasteiger partial charge in [-0.2, -0.15) is 0 Å². The second kappa shape index (κ2) is 13.2. The molecule has 7 nitrogen and oxygen atoms in total. The Morgan fingerprint density at radius 3 is 2.53 bits per heavy atom. The molecule has 1 aromatic carbocycles. The van der Waals surface area contributed by atoms with Gasteiger partial charge in [-0.05, 0) is 51.0 Å². The Balaban J connectivity index is 2.03. The fraction of sp³-hybridized carbons (Fsp3) is 0.565. The SMILES string of the molecule is C=C1CCC(C(=O)N[C@H](COCOCC)C[C@H](Cc2ccccc2)C(=O)NO)CC1. The molecule has 2 rings (SSSR count). The van der Waals surface area contributed by atoms with Gasteiger partial charge in [-0.25, -0.2) is 5.48 Å². The van der Waals surface area contributed by atoms with Gasteiger partial charge in [0, 0.05) is 18.4 Å². The van der Waals surface area contributed by atoms with Crippen molar-refractivity contribution in [2.45, 2.75) is 51.5 Å². The van der Waals surface area contributed by atoms with E-state index in [0.717, 1.165) is 31.2 Å². The van der Waals surface area contributed by atoms with Gasteiger partial charge >= 0.3 is 0 Å². The quantitative estimate of drug-likeness (QED) is 0.159. The minimum Gasteiger partial charge on any atom is -0.356 e. The zero-order valence-electron chi connectivity index (χ0n) is 17.8. The van der Waals surface area contributed by atoms with Crippen LogP contribution in [-0.4, -0.2) is 43.1 Å². The number of hydroxylamine groups is 1. The topological polar surface area (TPSA) is 96.9 Å². The summed E-state index contributed by atoms with van der Waals surface area (Å²) in [6.45, 7) is 6.77. The summed E-state index contributed by atoms with van der Waals surface area (Å²) in [5.74, 6) is -1.05. The molecule has 0 saturated heterocycles. The molecule has 1 fully saturated rings. The maximum Gasteiger partial charge on any atom is 0.246 e. The lowest BCUT2D eigenvalue weighted by molar-refractivity contribution is -0.135. The maximum atomic E-state index is 12.8. The summed E-state index contributed by atoms with van der Waals surface area (Å²) in [5, 5.41) is 12.3. The molecule has 0 heterocycles. The number of amides is 2. The third kappa shape index (κ3) is 8.26. The van der Waals surface area contributed by atoms with Crippen molar-refractivity contribution in [1.82, 2.24) is 10.8 Å². The maximum absolute atomic E-state index is 12.8. The number of rotatable bonds is 12. The molecule has 0 unspecified atom stereocenters. The molecule has 0 aliphatic heterocycles. The molecule has 1 saturated carbocycles. The van der Waals surface area contributed by atoms with Crippen LogP contribution in [0, 0.1) is 11.8 Å². The predicted molar refractivity (Wildman–Crippen MR) is 114 cm³/mol. The van der Waals surface area contributed by atoms with Crippen LogP contribution in [0.15, 0.2) is 42.5 Å². The molecule has 166 valence electrons. The average Bonchev–Trinajstić information content (AvgIpc) is 2.76. The molecule has 2 atom stereocenters. The minimum atomic E-state index is -0.510. The highest BCUT2D eigenvalue weighted by molar-refractivity contribution is 5.80. The average molecular weight is 419 g/mol. The molecular weight excluding hydrogens is 384 g/mol. The summed E-state index contributed by atoms with van der Waals surface area (Å²) in [6.07, 6.45) is 4.12. The van der Waals surface area contributed by atoms with E-state index in [9.17, 15) is 14.8 Å². The number of carbonyl (C=O) groups is 2. The zero-order chi connectivity index (χ0) is 21.8. The van der Waals surface area contributed by atoms with Gasteiger partial charge in [-0.3, -0.25) is 14.8 Å². The molecule has 0 aromatic heterocycles. The van der Waals surface area contributed by atoms with E-state index < -0.39 is 11.8 Å². The molecule has 0 bridgehead atoms. The van der Waals surface area contributed by atoms with E-state index in [2.05, 4.69) is 11.9 Å². The number of benzene rings is 1. The number of allylic oxidation sites excluding steroid dienone is 1. The Kier molecular flexibility index (Phi) is 10.5. The van der Waals surface area contributed by atoms with Crippen LogP contribution in [0.2, 0.25) is 0 Å². The largest absolute Gasteiger partial charge is 0.356 e. The first kappa shape index (κ1) is 24.1. The fourth-order valence-corrected chi connectivity index (χ4v) is 3.72. The van der Waals surface area contributed by atoms with Gasteiger partial charge in [-0.15, -0.1) is 0 Å². The molecule has 30 heavy (non-hydrogen) atoms. The minimum absolute atomic E-state index is 0.0182. The Bertz CT molecular complexity index is 669. The molecule has 7 heteroatoms. The monoisotopic (exact) mass is 418 g/mol. The van der Waals surface area contributed by atoms with Crippen LogP contribution in [0.25, 0.3) is 0 Å². The van der Waals surface area contributed by atoms with E-state index in [4.69, 9.17) is 9.47 Å². The Morgan fingerprint density at radius 2 is 1.90 bits per heavy atom. The Morgan fingerprint density at radius 1 is 1.20 bits per heavy atom. The van der Waals surface area contributed by atoms with Crippen LogP contribution in [-0.2, 0) is 25.5 Å². The van der Waals surface area contributed by atoms with Gasteiger partial charge in [-0.1, -0.05) is 42.5 Å².